The summed E-state index contributed by atoms with van der Waals surface area (Å²) in [7, 11) is 0. The maximum Gasteiger partial charge on any atom is 0.0664 e. The lowest BCUT2D eigenvalue weighted by molar-refractivity contribution is 0.854. The molecule has 0 unspecified atom stereocenters. The molecule has 2 aromatic heterocycles. The number of fused-ring (bicyclic) bond motifs is 1. The predicted molar refractivity (Wildman–Crippen MR) is 69.0 cm³/mol. The third kappa shape index (κ3) is 2.21. The Hall–Kier alpha value is -2.09. The van der Waals surface area contributed by atoms with Crippen molar-refractivity contribution in [2.45, 2.75) is 12.8 Å². The Labute approximate surface area is 101 Å². The number of hydrogen-bond donors (Lipinski definition) is 0. The van der Waals surface area contributed by atoms with Gasteiger partial charge in [0.2, 0.25) is 0 Å². The highest BCUT2D eigenvalue weighted by Crippen LogP contribution is 2.09. The molecule has 0 atom stereocenters. The van der Waals surface area contributed by atoms with Gasteiger partial charge in [-0.2, -0.15) is 5.10 Å². The highest BCUT2D eigenvalue weighted by Gasteiger charge is 2.01. The van der Waals surface area contributed by atoms with Crippen molar-refractivity contribution >= 4 is 5.52 Å². The molecule has 1 aromatic carbocycles. The van der Waals surface area contributed by atoms with Crippen LogP contribution in [-0.2, 0) is 12.8 Å². The van der Waals surface area contributed by atoms with E-state index in [-0.39, 0.29) is 0 Å². The minimum Gasteiger partial charge on any atom is -0.241 e. The van der Waals surface area contributed by atoms with Gasteiger partial charge in [0.15, 0.2) is 0 Å². The van der Waals surface area contributed by atoms with Gasteiger partial charge < -0.3 is 0 Å². The van der Waals surface area contributed by atoms with Crippen molar-refractivity contribution in [3.05, 3.63) is 72.1 Å². The van der Waals surface area contributed by atoms with E-state index in [4.69, 9.17) is 0 Å². The molecule has 0 saturated heterocycles. The molecule has 2 heterocycles. The number of aromatic nitrogens is 2. The molecule has 0 radical (unpaired) electrons. The molecule has 0 N–H and O–H groups in total. The lowest BCUT2D eigenvalue weighted by atomic mass is 10.1. The van der Waals surface area contributed by atoms with Crippen molar-refractivity contribution in [1.82, 2.24) is 9.61 Å². The van der Waals surface area contributed by atoms with Crippen LogP contribution >= 0.6 is 0 Å². The van der Waals surface area contributed by atoms with E-state index in [0.717, 1.165) is 24.1 Å². The Balaban J connectivity index is 1.77. The lowest BCUT2D eigenvalue weighted by Crippen LogP contribution is -1.92. The van der Waals surface area contributed by atoms with Crippen molar-refractivity contribution < 1.29 is 0 Å². The van der Waals surface area contributed by atoms with E-state index < -0.39 is 0 Å². The number of rotatable bonds is 3. The average molecular weight is 222 g/mol. The van der Waals surface area contributed by atoms with E-state index in [2.05, 4.69) is 47.6 Å². The molecule has 0 fully saturated rings. The Morgan fingerprint density at radius 2 is 1.71 bits per heavy atom. The summed E-state index contributed by atoms with van der Waals surface area (Å²) in [6, 6.07) is 18.8. The molecule has 0 aliphatic carbocycles. The fourth-order valence-electron chi connectivity index (χ4n) is 2.03. The van der Waals surface area contributed by atoms with E-state index in [9.17, 15) is 0 Å². The third-order valence-electron chi connectivity index (χ3n) is 2.93. The topological polar surface area (TPSA) is 17.3 Å². The van der Waals surface area contributed by atoms with Crippen LogP contribution in [0.1, 0.15) is 11.3 Å². The quantitative estimate of drug-likeness (QED) is 0.665. The van der Waals surface area contributed by atoms with Crippen molar-refractivity contribution in [1.29, 1.82) is 0 Å². The fraction of sp³-hybridized carbons (Fsp3) is 0.133. The third-order valence-corrected chi connectivity index (χ3v) is 2.93. The molecule has 3 rings (SSSR count). The van der Waals surface area contributed by atoms with E-state index in [1.165, 1.54) is 5.56 Å². The van der Waals surface area contributed by atoms with Crippen molar-refractivity contribution in [3.63, 3.8) is 0 Å². The Kier molecular flexibility index (Phi) is 2.62. The summed E-state index contributed by atoms with van der Waals surface area (Å²) < 4.78 is 1.93. The first-order valence-electron chi connectivity index (χ1n) is 5.89. The number of nitrogens with zero attached hydrogens (tertiary/aromatic N) is 2. The van der Waals surface area contributed by atoms with E-state index in [1.54, 1.807) is 0 Å². The van der Waals surface area contributed by atoms with Crippen LogP contribution in [0.4, 0.5) is 0 Å². The second kappa shape index (κ2) is 4.42. The van der Waals surface area contributed by atoms with Crippen LogP contribution in [0.3, 0.4) is 0 Å². The summed E-state index contributed by atoms with van der Waals surface area (Å²) in [6.45, 7) is 0. The van der Waals surface area contributed by atoms with E-state index in [1.807, 2.05) is 22.8 Å². The Morgan fingerprint density at radius 1 is 0.882 bits per heavy atom. The van der Waals surface area contributed by atoms with Crippen LogP contribution in [0.15, 0.2) is 60.8 Å². The number of hydrogen-bond acceptors (Lipinski definition) is 1. The molecule has 0 saturated carbocycles. The van der Waals surface area contributed by atoms with Crippen molar-refractivity contribution in [2.75, 3.05) is 0 Å². The molecule has 84 valence electrons. The zero-order chi connectivity index (χ0) is 11.5. The number of aryl methyl sites for hydroxylation is 2. The normalized spacial score (nSPS) is 10.8. The van der Waals surface area contributed by atoms with Crippen LogP contribution in [0.25, 0.3) is 5.52 Å². The average Bonchev–Trinajstić information content (AvgIpc) is 2.80. The first kappa shape index (κ1) is 10.1. The highest BCUT2D eigenvalue weighted by atomic mass is 15.2. The van der Waals surface area contributed by atoms with Gasteiger partial charge in [0.25, 0.3) is 0 Å². The Bertz CT molecular complexity index is 578. The predicted octanol–water partition coefficient (Wildman–Crippen LogP) is 3.12. The van der Waals surface area contributed by atoms with Gasteiger partial charge in [-0.15, -0.1) is 0 Å². The molecule has 0 spiro atoms. The highest BCUT2D eigenvalue weighted by molar-refractivity contribution is 5.47. The van der Waals surface area contributed by atoms with Gasteiger partial charge >= 0.3 is 0 Å². The second-order valence-corrected chi connectivity index (χ2v) is 4.19. The summed E-state index contributed by atoms with van der Waals surface area (Å²) in [6.07, 6.45) is 4.03. The van der Waals surface area contributed by atoms with Gasteiger partial charge in [0.05, 0.1) is 11.2 Å². The Morgan fingerprint density at radius 3 is 2.53 bits per heavy atom. The monoisotopic (exact) mass is 222 g/mol. The smallest absolute Gasteiger partial charge is 0.0664 e. The van der Waals surface area contributed by atoms with Gasteiger partial charge in [-0.1, -0.05) is 36.4 Å². The van der Waals surface area contributed by atoms with Crippen molar-refractivity contribution in [2.24, 2.45) is 0 Å². The molecular weight excluding hydrogens is 208 g/mol. The van der Waals surface area contributed by atoms with Crippen LogP contribution in [0, 0.1) is 0 Å². The summed E-state index contributed by atoms with van der Waals surface area (Å²) >= 11 is 0. The van der Waals surface area contributed by atoms with Gasteiger partial charge in [-0.05, 0) is 36.6 Å². The molecule has 0 bridgehead atoms. The zero-order valence-corrected chi connectivity index (χ0v) is 9.58. The molecule has 3 aromatic rings. The van der Waals surface area contributed by atoms with Crippen molar-refractivity contribution in [3.8, 4) is 0 Å². The minimum atomic E-state index is 0.992. The van der Waals surface area contributed by atoms with Gasteiger partial charge in [0, 0.05) is 6.20 Å². The molecule has 0 aliphatic rings. The summed E-state index contributed by atoms with van der Waals surface area (Å²) in [5, 5.41) is 4.54. The molecule has 2 nitrogen and oxygen atoms in total. The molecule has 0 amide bonds. The first-order chi connectivity index (χ1) is 8.42. The van der Waals surface area contributed by atoms with Gasteiger partial charge in [0.1, 0.15) is 0 Å². The molecular formula is C15H14N2. The number of pyridine rings is 1. The second-order valence-electron chi connectivity index (χ2n) is 4.19. The van der Waals surface area contributed by atoms with Crippen LogP contribution < -0.4 is 0 Å². The molecule has 17 heavy (non-hydrogen) atoms. The summed E-state index contributed by atoms with van der Waals surface area (Å²) in [4.78, 5) is 0. The maximum absolute atomic E-state index is 4.54. The number of benzene rings is 1. The fourth-order valence-corrected chi connectivity index (χ4v) is 2.03. The first-order valence-corrected chi connectivity index (χ1v) is 5.89. The van der Waals surface area contributed by atoms with Crippen LogP contribution in [-0.4, -0.2) is 9.61 Å². The minimum absolute atomic E-state index is 0.992. The zero-order valence-electron chi connectivity index (χ0n) is 9.58. The van der Waals surface area contributed by atoms with Crippen LogP contribution in [0.5, 0.6) is 0 Å². The SMILES string of the molecule is c1ccc(CCc2cc3ccccn3n2)cc1. The van der Waals surface area contributed by atoms with Gasteiger partial charge in [-0.3, -0.25) is 0 Å². The lowest BCUT2D eigenvalue weighted by Gasteiger charge is -1.97. The standard InChI is InChI=1S/C15H14N2/c1-2-6-13(7-3-1)9-10-14-12-15-8-4-5-11-17(15)16-14/h1-8,11-12H,9-10H2. The summed E-state index contributed by atoms with van der Waals surface area (Å²) in [5.41, 5.74) is 3.68. The van der Waals surface area contributed by atoms with Crippen LogP contribution in [0.2, 0.25) is 0 Å². The van der Waals surface area contributed by atoms with E-state index >= 15 is 0 Å². The molecule has 0 aliphatic heterocycles. The van der Waals surface area contributed by atoms with Gasteiger partial charge in [-0.25, -0.2) is 4.52 Å². The molecule has 2 heteroatoms. The summed E-state index contributed by atoms with van der Waals surface area (Å²) in [5.74, 6) is 0. The maximum atomic E-state index is 4.54. The van der Waals surface area contributed by atoms with E-state index in [0.29, 0.717) is 0 Å². The largest absolute Gasteiger partial charge is 0.241 e.